The monoisotopic (exact) mass is 404 g/mol. The molecule has 0 fully saturated rings. The van der Waals surface area contributed by atoms with E-state index in [0.29, 0.717) is 16.6 Å². The Bertz CT molecular complexity index is 1180. The lowest BCUT2D eigenvalue weighted by atomic mass is 10.0. The van der Waals surface area contributed by atoms with E-state index in [4.69, 9.17) is 4.52 Å². The second kappa shape index (κ2) is 7.65. The molecule has 0 spiro atoms. The van der Waals surface area contributed by atoms with Crippen LogP contribution in [0.25, 0.3) is 17.2 Å². The molecule has 0 amide bonds. The molecule has 2 N–H and O–H groups in total. The van der Waals surface area contributed by atoms with Crippen LogP contribution in [0.15, 0.2) is 78.9 Å². The molecule has 0 radical (unpaired) electrons. The van der Waals surface area contributed by atoms with E-state index in [0.717, 1.165) is 17.5 Å². The third-order valence-electron chi connectivity index (χ3n) is 4.83. The van der Waals surface area contributed by atoms with Gasteiger partial charge in [0, 0.05) is 11.1 Å². The van der Waals surface area contributed by atoms with Crippen molar-refractivity contribution in [2.45, 2.75) is 13.3 Å². The van der Waals surface area contributed by atoms with Gasteiger partial charge < -0.3 is 14.7 Å². The molecule has 146 valence electrons. The molecule has 1 heterocycles. The highest BCUT2D eigenvalue weighted by Crippen LogP contribution is 2.55. The zero-order valence-corrected chi connectivity index (χ0v) is 16.8. The van der Waals surface area contributed by atoms with Gasteiger partial charge in [0.15, 0.2) is 0 Å². The van der Waals surface area contributed by atoms with Crippen LogP contribution in [0.4, 0.5) is 0 Å². The van der Waals surface area contributed by atoms with E-state index in [1.165, 1.54) is 12.1 Å². The van der Waals surface area contributed by atoms with Crippen LogP contribution in [0.2, 0.25) is 0 Å². The summed E-state index contributed by atoms with van der Waals surface area (Å²) in [6, 6.07) is 17.4. The lowest BCUT2D eigenvalue weighted by Gasteiger charge is -2.29. The number of para-hydroxylation sites is 1. The first-order valence-electron chi connectivity index (χ1n) is 9.43. The number of aromatic hydroxyl groups is 2. The Morgan fingerprint density at radius 2 is 1.62 bits per heavy atom. The first-order valence-corrected chi connectivity index (χ1v) is 11.1. The summed E-state index contributed by atoms with van der Waals surface area (Å²) in [6.45, 7) is 2.03. The highest BCUT2D eigenvalue weighted by molar-refractivity contribution is 7.75. The highest BCUT2D eigenvalue weighted by Gasteiger charge is 2.40. The molecular formula is C24H21O4P. The van der Waals surface area contributed by atoms with Gasteiger partial charge in [0.05, 0.1) is 10.6 Å². The minimum Gasteiger partial charge on any atom is -0.507 e. The average molecular weight is 404 g/mol. The number of phenolic OH excluding ortho intramolecular Hbond substituents is 2. The fourth-order valence-corrected chi connectivity index (χ4v) is 5.76. The standard InChI is InChI=1S/C24H21O4P/c1-2-3-4-5-10-17-15-21(26)24(16-20(17)25)29(27)23-14-9-7-12-19(23)18-11-6-8-13-22(18)28-29/h3-16,25-26H,2H2,1H3/b4-3-,10-5-. The molecule has 3 aromatic rings. The van der Waals surface area contributed by atoms with E-state index >= 15 is 0 Å². The predicted octanol–water partition coefficient (Wildman–Crippen LogP) is 5.37. The number of hydrogen-bond acceptors (Lipinski definition) is 4. The summed E-state index contributed by atoms with van der Waals surface area (Å²) in [5, 5.41) is 21.8. The van der Waals surface area contributed by atoms with Crippen molar-refractivity contribution >= 4 is 24.1 Å². The van der Waals surface area contributed by atoms with Gasteiger partial charge in [-0.15, -0.1) is 0 Å². The van der Waals surface area contributed by atoms with Crippen LogP contribution in [0.3, 0.4) is 0 Å². The predicted molar refractivity (Wildman–Crippen MR) is 118 cm³/mol. The van der Waals surface area contributed by atoms with E-state index in [2.05, 4.69) is 0 Å². The lowest BCUT2D eigenvalue weighted by molar-refractivity contribution is 0.458. The summed E-state index contributed by atoms with van der Waals surface area (Å²) in [5.41, 5.74) is 2.08. The maximum Gasteiger partial charge on any atom is 0.311 e. The zero-order chi connectivity index (χ0) is 20.4. The van der Waals surface area contributed by atoms with E-state index in [-0.39, 0.29) is 16.8 Å². The second-order valence-corrected chi connectivity index (χ2v) is 9.00. The lowest BCUT2D eigenvalue weighted by Crippen LogP contribution is -2.25. The number of benzene rings is 3. The maximum absolute atomic E-state index is 14.1. The van der Waals surface area contributed by atoms with Crippen molar-refractivity contribution < 1.29 is 19.3 Å². The minimum absolute atomic E-state index is 0.0749. The van der Waals surface area contributed by atoms with Crippen LogP contribution in [0.1, 0.15) is 18.9 Å². The third-order valence-corrected chi connectivity index (χ3v) is 7.30. The first-order chi connectivity index (χ1) is 14.0. The Morgan fingerprint density at radius 1 is 0.897 bits per heavy atom. The van der Waals surface area contributed by atoms with Crippen molar-refractivity contribution in [1.82, 2.24) is 0 Å². The van der Waals surface area contributed by atoms with Gasteiger partial charge in [-0.25, -0.2) is 0 Å². The number of allylic oxidation sites excluding steroid dienone is 3. The van der Waals surface area contributed by atoms with E-state index in [9.17, 15) is 14.8 Å². The molecule has 4 rings (SSSR count). The Labute approximate surface area is 169 Å². The van der Waals surface area contributed by atoms with Gasteiger partial charge in [-0.2, -0.15) is 0 Å². The summed E-state index contributed by atoms with van der Waals surface area (Å²) >= 11 is 0. The fourth-order valence-electron chi connectivity index (χ4n) is 3.42. The SMILES string of the molecule is CC/C=C\C=C/c1cc(O)c(P2(=O)Oc3ccccc3-c3ccccc32)cc1O. The normalized spacial score (nSPS) is 17.8. The van der Waals surface area contributed by atoms with Crippen molar-refractivity contribution in [1.29, 1.82) is 0 Å². The van der Waals surface area contributed by atoms with Crippen LogP contribution >= 0.6 is 7.37 Å². The fraction of sp³-hybridized carbons (Fsp3) is 0.0833. The Morgan fingerprint density at radius 3 is 2.41 bits per heavy atom. The third kappa shape index (κ3) is 3.37. The quantitative estimate of drug-likeness (QED) is 0.349. The molecule has 1 atom stereocenters. The van der Waals surface area contributed by atoms with Gasteiger partial charge in [0.2, 0.25) is 0 Å². The van der Waals surface area contributed by atoms with Gasteiger partial charge in [-0.1, -0.05) is 67.6 Å². The number of hydrogen-bond donors (Lipinski definition) is 2. The minimum atomic E-state index is -3.66. The smallest absolute Gasteiger partial charge is 0.311 e. The number of phenols is 2. The number of fused-ring (bicyclic) bond motifs is 3. The van der Waals surface area contributed by atoms with E-state index in [1.54, 1.807) is 30.4 Å². The van der Waals surface area contributed by atoms with Crippen LogP contribution < -0.4 is 15.1 Å². The van der Waals surface area contributed by atoms with Crippen LogP contribution in [-0.4, -0.2) is 10.2 Å². The molecule has 4 nitrogen and oxygen atoms in total. The molecule has 0 aliphatic carbocycles. The molecule has 29 heavy (non-hydrogen) atoms. The summed E-state index contributed by atoms with van der Waals surface area (Å²) in [5.74, 6) is 0.232. The molecule has 1 aliphatic heterocycles. The van der Waals surface area contributed by atoms with Gasteiger partial charge in [0.25, 0.3) is 0 Å². The van der Waals surface area contributed by atoms with Gasteiger partial charge in [-0.3, -0.25) is 4.57 Å². The summed E-state index contributed by atoms with van der Waals surface area (Å²) in [7, 11) is -3.66. The molecule has 0 saturated heterocycles. The summed E-state index contributed by atoms with van der Waals surface area (Å²) in [6.07, 6.45) is 8.21. The van der Waals surface area contributed by atoms with Crippen molar-refractivity contribution in [2.75, 3.05) is 0 Å². The van der Waals surface area contributed by atoms with Gasteiger partial charge >= 0.3 is 7.37 Å². The second-order valence-electron chi connectivity index (χ2n) is 6.75. The first kappa shape index (κ1) is 19.1. The number of rotatable bonds is 4. The van der Waals surface area contributed by atoms with E-state index in [1.807, 2.05) is 49.4 Å². The molecule has 1 unspecified atom stereocenters. The van der Waals surface area contributed by atoms with Crippen LogP contribution in [0.5, 0.6) is 17.2 Å². The molecule has 0 saturated carbocycles. The Hall–Kier alpha value is -3.23. The molecule has 1 aliphatic rings. The molecule has 5 heteroatoms. The Balaban J connectivity index is 1.85. The topological polar surface area (TPSA) is 66.8 Å². The van der Waals surface area contributed by atoms with Crippen molar-refractivity contribution in [3.63, 3.8) is 0 Å². The zero-order valence-electron chi connectivity index (χ0n) is 15.9. The Kier molecular flexibility index (Phi) is 5.04. The molecule has 0 bridgehead atoms. The maximum atomic E-state index is 14.1. The average Bonchev–Trinajstić information content (AvgIpc) is 2.73. The van der Waals surface area contributed by atoms with Crippen molar-refractivity contribution in [2.24, 2.45) is 0 Å². The molecule has 0 aromatic heterocycles. The largest absolute Gasteiger partial charge is 0.507 e. The van der Waals surface area contributed by atoms with Crippen molar-refractivity contribution in [3.8, 4) is 28.4 Å². The van der Waals surface area contributed by atoms with Crippen molar-refractivity contribution in [3.05, 3.63) is 84.5 Å². The molecular weight excluding hydrogens is 383 g/mol. The van der Waals surface area contributed by atoms with Gasteiger partial charge in [0.1, 0.15) is 17.2 Å². The summed E-state index contributed by atoms with van der Waals surface area (Å²) in [4.78, 5) is 0. The molecule has 3 aromatic carbocycles. The highest BCUT2D eigenvalue weighted by atomic mass is 31.2. The van der Waals surface area contributed by atoms with Gasteiger partial charge in [-0.05, 0) is 36.2 Å². The van der Waals surface area contributed by atoms with Crippen LogP contribution in [0, 0.1) is 0 Å². The van der Waals surface area contributed by atoms with E-state index < -0.39 is 7.37 Å². The summed E-state index contributed by atoms with van der Waals surface area (Å²) < 4.78 is 20.1. The van der Waals surface area contributed by atoms with Crippen LogP contribution in [-0.2, 0) is 4.57 Å².